The van der Waals surface area contributed by atoms with E-state index in [1.165, 1.54) is 37.0 Å². The van der Waals surface area contributed by atoms with Gasteiger partial charge in [-0.2, -0.15) is 0 Å². The Hall–Kier alpha value is -1.95. The molecule has 31 heavy (non-hydrogen) atoms. The van der Waals surface area contributed by atoms with E-state index in [4.69, 9.17) is 28.7 Å². The van der Waals surface area contributed by atoms with E-state index in [1.54, 1.807) is 0 Å². The number of unbranched alkanes of at least 4 members (excludes halogenated alkanes) is 4. The third-order valence-electron chi connectivity index (χ3n) is 3.78. The molecule has 11 heteroatoms. The fourth-order valence-corrected chi connectivity index (χ4v) is 2.04. The summed E-state index contributed by atoms with van der Waals surface area (Å²) in [5.41, 5.74) is 25.8. The minimum Gasteiger partial charge on any atom is -0.448 e. The Balaban J connectivity index is -0.000000583. The molecule has 0 rings (SSSR count). The van der Waals surface area contributed by atoms with Crippen molar-refractivity contribution in [1.29, 1.82) is 0 Å². The highest BCUT2D eigenvalue weighted by Crippen LogP contribution is 1.95. The molecule has 3 amide bonds. The first-order valence-corrected chi connectivity index (χ1v) is 11.1. The molecule has 11 N–H and O–H groups in total. The van der Waals surface area contributed by atoms with E-state index < -0.39 is 6.09 Å². The van der Waals surface area contributed by atoms with Crippen LogP contribution < -0.4 is 34.0 Å². The van der Waals surface area contributed by atoms with E-state index in [2.05, 4.69) is 23.9 Å². The van der Waals surface area contributed by atoms with Gasteiger partial charge in [0.25, 0.3) is 0 Å². The van der Waals surface area contributed by atoms with Crippen molar-refractivity contribution in [2.45, 2.75) is 58.8 Å². The van der Waals surface area contributed by atoms with Gasteiger partial charge in [0, 0.05) is 6.54 Å². The second kappa shape index (κ2) is 28.1. The van der Waals surface area contributed by atoms with Gasteiger partial charge in [0.05, 0.1) is 19.6 Å². The van der Waals surface area contributed by atoms with Gasteiger partial charge in [0.15, 0.2) is 0 Å². The van der Waals surface area contributed by atoms with Gasteiger partial charge in [0.1, 0.15) is 6.61 Å². The van der Waals surface area contributed by atoms with Crippen LogP contribution >= 0.6 is 0 Å². The Morgan fingerprint density at radius 1 is 0.839 bits per heavy atom. The molecule has 0 aliphatic heterocycles. The Labute approximate surface area is 187 Å². The lowest BCUT2D eigenvalue weighted by Crippen LogP contribution is -2.44. The second-order valence-corrected chi connectivity index (χ2v) is 6.67. The zero-order valence-corrected chi connectivity index (χ0v) is 19.6. The summed E-state index contributed by atoms with van der Waals surface area (Å²) in [6.07, 6.45) is 6.71. The highest BCUT2D eigenvalue weighted by atomic mass is 16.5. The van der Waals surface area contributed by atoms with Gasteiger partial charge < -0.3 is 43.6 Å². The van der Waals surface area contributed by atoms with Crippen LogP contribution in [0, 0.1) is 0 Å². The van der Waals surface area contributed by atoms with Gasteiger partial charge in [0.2, 0.25) is 11.8 Å². The maximum absolute atomic E-state index is 11.6. The zero-order valence-electron chi connectivity index (χ0n) is 19.6. The molecule has 0 aliphatic rings. The second-order valence-electron chi connectivity index (χ2n) is 6.67. The molecule has 0 saturated heterocycles. The highest BCUT2D eigenvalue weighted by molar-refractivity contribution is 5.85. The zero-order chi connectivity index (χ0) is 24.3. The van der Waals surface area contributed by atoms with Crippen molar-refractivity contribution in [3.63, 3.8) is 0 Å². The Morgan fingerprint density at radius 2 is 1.39 bits per heavy atom. The van der Waals surface area contributed by atoms with E-state index in [-0.39, 0.29) is 38.1 Å². The molecule has 0 aliphatic carbocycles. The van der Waals surface area contributed by atoms with Crippen LogP contribution in [0.1, 0.15) is 58.8 Å². The first kappa shape index (κ1) is 33.7. The van der Waals surface area contributed by atoms with Crippen molar-refractivity contribution < 1.29 is 19.1 Å². The molecule has 0 heterocycles. The average Bonchev–Trinajstić information content (AvgIpc) is 2.75. The van der Waals surface area contributed by atoms with Gasteiger partial charge >= 0.3 is 6.09 Å². The lowest BCUT2D eigenvalue weighted by atomic mass is 10.3. The number of amides is 3. The van der Waals surface area contributed by atoms with Crippen molar-refractivity contribution in [3.8, 4) is 0 Å². The number of carbonyl (C=O) groups is 3. The van der Waals surface area contributed by atoms with Crippen LogP contribution in [0.2, 0.25) is 0 Å². The summed E-state index contributed by atoms with van der Waals surface area (Å²) in [5, 5.41) is 2.51. The van der Waals surface area contributed by atoms with Crippen LogP contribution in [0.3, 0.4) is 0 Å². The summed E-state index contributed by atoms with van der Waals surface area (Å²) in [5.74, 6) is -0.654. The molecule has 11 nitrogen and oxygen atoms in total. The molecular formula is C20H47N7O4. The first-order chi connectivity index (χ1) is 14.8. The van der Waals surface area contributed by atoms with E-state index in [0.29, 0.717) is 19.5 Å². The lowest BCUT2D eigenvalue weighted by molar-refractivity contribution is -0.135. The van der Waals surface area contributed by atoms with Crippen LogP contribution in [-0.2, 0) is 14.3 Å². The Kier molecular flexibility index (Phi) is 30.5. The monoisotopic (exact) mass is 449 g/mol. The maximum Gasteiger partial charge on any atom is 0.404 e. The van der Waals surface area contributed by atoms with Gasteiger partial charge in [-0.15, -0.1) is 0 Å². The first-order valence-electron chi connectivity index (χ1n) is 11.1. The highest BCUT2D eigenvalue weighted by Gasteiger charge is 2.15. The van der Waals surface area contributed by atoms with Crippen molar-refractivity contribution in [3.05, 3.63) is 0 Å². The molecule has 0 aromatic heterocycles. The van der Waals surface area contributed by atoms with Crippen molar-refractivity contribution in [2.24, 2.45) is 28.7 Å². The van der Waals surface area contributed by atoms with Crippen molar-refractivity contribution in [2.75, 3.05) is 52.4 Å². The molecule has 0 saturated carbocycles. The molecule has 0 spiro atoms. The van der Waals surface area contributed by atoms with E-state index in [1.807, 2.05) is 0 Å². The topological polar surface area (TPSA) is 206 Å². The van der Waals surface area contributed by atoms with Gasteiger partial charge in [-0.25, -0.2) is 4.79 Å². The SMILES string of the molecule is CCCCCN.CCCCN.NCCCCN(CC(=O)NCCOC(N)=O)C(=O)CN. The minimum absolute atomic E-state index is 0.0148. The Bertz CT molecular complexity index is 420. The largest absolute Gasteiger partial charge is 0.448 e. The van der Waals surface area contributed by atoms with Crippen molar-refractivity contribution in [1.82, 2.24) is 10.2 Å². The summed E-state index contributed by atoms with van der Waals surface area (Å²) in [6, 6.07) is 0. The molecule has 0 aromatic carbocycles. The summed E-state index contributed by atoms with van der Waals surface area (Å²) in [6.45, 7) is 6.85. The smallest absolute Gasteiger partial charge is 0.404 e. The van der Waals surface area contributed by atoms with Crippen LogP contribution in [0.25, 0.3) is 0 Å². The number of hydrogen-bond donors (Lipinski definition) is 6. The van der Waals surface area contributed by atoms with Gasteiger partial charge in [-0.1, -0.05) is 33.1 Å². The molecule has 186 valence electrons. The standard InChI is InChI=1S/C11H23N5O4.C5H13N.C4H11N/c12-3-1-2-5-16(10(18)7-13)8-9(17)15-4-6-20-11(14)19;1-2-3-4-5-6;1-2-3-4-5/h1-8,12-13H2,(H2,14,19)(H,15,17);2-6H2,1H3;2-5H2,1H3. The van der Waals surface area contributed by atoms with Crippen LogP contribution in [0.15, 0.2) is 0 Å². The van der Waals surface area contributed by atoms with Crippen LogP contribution in [0.4, 0.5) is 4.79 Å². The molecule has 0 fully saturated rings. The predicted octanol–water partition coefficient (Wildman–Crippen LogP) is -0.395. The fraction of sp³-hybridized carbons (Fsp3) is 0.850. The number of carbonyl (C=O) groups excluding carboxylic acids is 3. The van der Waals surface area contributed by atoms with Crippen LogP contribution in [-0.4, -0.2) is 75.2 Å². The third-order valence-corrected chi connectivity index (χ3v) is 3.78. The molecular weight excluding hydrogens is 402 g/mol. The summed E-state index contributed by atoms with van der Waals surface area (Å²) < 4.78 is 4.46. The minimum atomic E-state index is -0.902. The number of rotatable bonds is 15. The van der Waals surface area contributed by atoms with Gasteiger partial charge in [-0.05, 0) is 45.3 Å². The molecule has 0 aromatic rings. The fourth-order valence-electron chi connectivity index (χ4n) is 2.04. The third kappa shape index (κ3) is 30.3. The number of hydrogen-bond acceptors (Lipinski definition) is 8. The number of ether oxygens (including phenoxy) is 1. The number of primary amides is 1. The maximum atomic E-state index is 11.6. The number of nitrogens with zero attached hydrogens (tertiary/aromatic N) is 1. The predicted molar refractivity (Wildman–Crippen MR) is 125 cm³/mol. The molecule has 0 atom stereocenters. The lowest BCUT2D eigenvalue weighted by Gasteiger charge is -2.21. The summed E-state index contributed by atoms with van der Waals surface area (Å²) in [4.78, 5) is 34.9. The molecule has 0 bridgehead atoms. The Morgan fingerprint density at radius 3 is 1.77 bits per heavy atom. The molecule has 0 radical (unpaired) electrons. The van der Waals surface area contributed by atoms with Crippen LogP contribution in [0.5, 0.6) is 0 Å². The average molecular weight is 450 g/mol. The number of nitrogens with one attached hydrogen (secondary N) is 1. The van der Waals surface area contributed by atoms with Gasteiger partial charge in [-0.3, -0.25) is 9.59 Å². The quantitative estimate of drug-likeness (QED) is 0.181. The van der Waals surface area contributed by atoms with Crippen molar-refractivity contribution >= 4 is 17.9 Å². The number of nitrogens with two attached hydrogens (primary N) is 5. The summed E-state index contributed by atoms with van der Waals surface area (Å²) in [7, 11) is 0. The van der Waals surface area contributed by atoms with E-state index in [9.17, 15) is 14.4 Å². The van der Waals surface area contributed by atoms with E-state index >= 15 is 0 Å². The molecule has 0 unspecified atom stereocenters. The normalized spacial score (nSPS) is 9.48. The van der Waals surface area contributed by atoms with E-state index in [0.717, 1.165) is 19.5 Å². The summed E-state index contributed by atoms with van der Waals surface area (Å²) >= 11 is 0.